The molecule has 0 radical (unpaired) electrons. The standard InChI is InChI=1S/2C8H8O4S.CH5N3.H3N/c2*9-8(10)6-13(11,12)7-4-2-1-3-5-7;2-1(3)4;/h2*1-5H,6H2,(H,9,10);(H5,2,3,4);1H3. The van der Waals surface area contributed by atoms with Gasteiger partial charge < -0.3 is 26.0 Å². The highest BCUT2D eigenvalue weighted by Crippen LogP contribution is 2.09. The van der Waals surface area contributed by atoms with Crippen LogP contribution in [0.1, 0.15) is 0 Å². The summed E-state index contributed by atoms with van der Waals surface area (Å²) in [7, 11) is -7.44. The first-order valence-electron chi connectivity index (χ1n) is 7.86. The number of benzene rings is 2. The quantitative estimate of drug-likeness (QED) is 0.230. The van der Waals surface area contributed by atoms with Gasteiger partial charge in [-0.1, -0.05) is 36.4 Å². The van der Waals surface area contributed by atoms with Crippen LogP contribution in [-0.4, -0.2) is 46.2 Å². The molecule has 0 saturated heterocycles. The van der Waals surface area contributed by atoms with Crippen molar-refractivity contribution in [2.45, 2.75) is 9.79 Å². The molecule has 0 unspecified atom stereocenters. The first-order valence-corrected chi connectivity index (χ1v) is 11.2. The lowest BCUT2D eigenvalue weighted by Crippen LogP contribution is -2.51. The van der Waals surface area contributed by atoms with Crippen LogP contribution in [0.5, 0.6) is 0 Å². The van der Waals surface area contributed by atoms with E-state index in [0.717, 1.165) is 0 Å². The largest absolute Gasteiger partial charge is 0.549 e. The molecule has 0 atom stereocenters. The molecule has 10 N–H and O–H groups in total. The number of quaternary nitrogens is 1. The van der Waals surface area contributed by atoms with E-state index in [1.165, 1.54) is 48.5 Å². The second-order valence-electron chi connectivity index (χ2n) is 5.39. The van der Waals surface area contributed by atoms with Crippen molar-refractivity contribution in [3.63, 3.8) is 0 Å². The fourth-order valence-electron chi connectivity index (χ4n) is 1.73. The summed E-state index contributed by atoms with van der Waals surface area (Å²) in [4.78, 5) is 20.2. The Kier molecular flexibility index (Phi) is 13.1. The van der Waals surface area contributed by atoms with E-state index < -0.39 is 43.1 Å². The molecule has 0 fully saturated rings. The number of hydrogen-bond donors (Lipinski definition) is 4. The topological polar surface area (TPSA) is 263 Å². The summed E-state index contributed by atoms with van der Waals surface area (Å²) in [5.41, 5.74) is 9.17. The normalized spacial score (nSPS) is 10.1. The third kappa shape index (κ3) is 13.4. The molecule has 0 saturated carbocycles. The highest BCUT2D eigenvalue weighted by Gasteiger charge is 2.14. The van der Waals surface area contributed by atoms with Crippen molar-refractivity contribution >= 4 is 37.6 Å². The maximum Gasteiger partial charge on any atom is 0.336 e. The summed E-state index contributed by atoms with van der Waals surface area (Å²) in [6.07, 6.45) is 0. The fourth-order valence-corrected chi connectivity index (χ4v) is 3.83. The highest BCUT2D eigenvalue weighted by molar-refractivity contribution is 7.92. The molecule has 14 heteroatoms. The van der Waals surface area contributed by atoms with Gasteiger partial charge in [-0.25, -0.2) is 16.8 Å². The van der Waals surface area contributed by atoms with E-state index in [9.17, 15) is 36.6 Å². The van der Waals surface area contributed by atoms with E-state index in [2.05, 4.69) is 16.9 Å². The Balaban J connectivity index is 0. The third-order valence-corrected chi connectivity index (χ3v) is 6.03. The zero-order valence-corrected chi connectivity index (χ0v) is 18.1. The Morgan fingerprint density at radius 3 is 1.13 bits per heavy atom. The molecule has 0 aliphatic carbocycles. The van der Waals surface area contributed by atoms with Crippen LogP contribution >= 0.6 is 0 Å². The number of rotatable bonds is 6. The Morgan fingerprint density at radius 2 is 0.935 bits per heavy atom. The molecule has 2 rings (SSSR count). The van der Waals surface area contributed by atoms with Gasteiger partial charge in [-0.05, 0) is 24.3 Å². The summed E-state index contributed by atoms with van der Waals surface area (Å²) >= 11 is 0. The lowest BCUT2D eigenvalue weighted by molar-refractivity contribution is -0.302. The molecule has 0 heterocycles. The van der Waals surface area contributed by atoms with Crippen molar-refractivity contribution in [3.8, 4) is 0 Å². The lowest BCUT2D eigenvalue weighted by atomic mass is 10.4. The van der Waals surface area contributed by atoms with Crippen LogP contribution in [0.3, 0.4) is 0 Å². The summed E-state index contributed by atoms with van der Waals surface area (Å²) in [6.45, 7) is 0. The van der Waals surface area contributed by atoms with Crippen LogP contribution < -0.4 is 33.2 Å². The van der Waals surface area contributed by atoms with Gasteiger partial charge in [0.05, 0.1) is 33.2 Å². The molecular weight excluding hydrogens is 452 g/mol. The van der Waals surface area contributed by atoms with Crippen LogP contribution in [0.2, 0.25) is 0 Å². The molecule has 0 amide bonds. The average Bonchev–Trinajstić information content (AvgIpc) is 2.61. The second kappa shape index (κ2) is 13.7. The fraction of sp³-hybridized carbons (Fsp3) is 0.118. The molecule has 0 aliphatic rings. The lowest BCUT2D eigenvalue weighted by Gasteiger charge is -2.03. The van der Waals surface area contributed by atoms with Crippen LogP contribution in [0.4, 0.5) is 0 Å². The number of sulfone groups is 2. The minimum Gasteiger partial charge on any atom is -0.549 e. The molecule has 12 nitrogen and oxygen atoms in total. The first kappa shape index (κ1) is 29.7. The molecule has 0 aliphatic heterocycles. The van der Waals surface area contributed by atoms with Crippen LogP contribution in [-0.2, 0) is 29.3 Å². The van der Waals surface area contributed by atoms with Crippen molar-refractivity contribution in [1.82, 2.24) is 6.15 Å². The molecular formula is C17H24N4O8S2. The molecule has 2 aromatic rings. The number of guanidine groups is 1. The molecule has 31 heavy (non-hydrogen) atoms. The summed E-state index contributed by atoms with van der Waals surface area (Å²) in [5, 5.41) is 24.8. The number of carbonyl (C=O) groups is 2. The van der Waals surface area contributed by atoms with Crippen molar-refractivity contribution in [1.29, 1.82) is 0 Å². The van der Waals surface area contributed by atoms with Gasteiger partial charge in [0, 0.05) is 0 Å². The number of carboxylic acid groups (broad SMARTS) is 2. The van der Waals surface area contributed by atoms with Crippen LogP contribution in [0, 0.1) is 0 Å². The van der Waals surface area contributed by atoms with Crippen molar-refractivity contribution in [2.24, 2.45) is 11.5 Å². The first-order chi connectivity index (χ1) is 13.8. The van der Waals surface area contributed by atoms with Gasteiger partial charge in [-0.2, -0.15) is 0 Å². The van der Waals surface area contributed by atoms with Gasteiger partial charge in [-0.15, -0.1) is 0 Å². The molecule has 172 valence electrons. The second-order valence-corrected chi connectivity index (χ2v) is 9.37. The minimum atomic E-state index is -3.72. The maximum atomic E-state index is 11.2. The molecule has 2 aromatic carbocycles. The van der Waals surface area contributed by atoms with Gasteiger partial charge in [0.15, 0.2) is 19.7 Å². The van der Waals surface area contributed by atoms with Gasteiger partial charge >= 0.3 is 5.96 Å². The Hall–Kier alpha value is -3.49. The number of hydrogen-bond acceptors (Lipinski definition) is 8. The van der Waals surface area contributed by atoms with Gasteiger partial charge in [-0.3, -0.25) is 16.9 Å². The van der Waals surface area contributed by atoms with Crippen molar-refractivity contribution < 1.29 is 42.0 Å². The smallest absolute Gasteiger partial charge is 0.336 e. The molecule has 0 bridgehead atoms. The van der Waals surface area contributed by atoms with E-state index in [1.54, 1.807) is 12.1 Å². The number of aliphatic carboxylic acids is 2. The van der Waals surface area contributed by atoms with Crippen LogP contribution in [0.15, 0.2) is 70.5 Å². The SMILES string of the molecule is NC(N)=[NH2+].O=C([O-])CS(=O)(=O)c1ccccc1.O=C([O-])CS(=O)(=O)c1ccccc1.[NH4+]. The summed E-state index contributed by atoms with van der Waals surface area (Å²) in [5.74, 6) is -5.22. The summed E-state index contributed by atoms with van der Waals surface area (Å²) < 4.78 is 44.9. The number of carboxylic acids is 2. The zero-order chi connectivity index (χ0) is 23.4. The predicted molar refractivity (Wildman–Crippen MR) is 108 cm³/mol. The van der Waals surface area contributed by atoms with Gasteiger partial charge in [0.1, 0.15) is 0 Å². The van der Waals surface area contributed by atoms with Crippen LogP contribution in [0.25, 0.3) is 0 Å². The Morgan fingerprint density at radius 1 is 0.710 bits per heavy atom. The Bertz CT molecular complexity index is 972. The predicted octanol–water partition coefficient (Wildman–Crippen LogP) is -4.18. The van der Waals surface area contributed by atoms with Crippen molar-refractivity contribution in [3.05, 3.63) is 60.7 Å². The monoisotopic (exact) mass is 476 g/mol. The molecule has 0 aromatic heterocycles. The average molecular weight is 477 g/mol. The van der Waals surface area contributed by atoms with E-state index in [0.29, 0.717) is 0 Å². The van der Waals surface area contributed by atoms with Gasteiger partial charge in [0.25, 0.3) is 0 Å². The third-order valence-electron chi connectivity index (χ3n) is 2.82. The van der Waals surface area contributed by atoms with E-state index in [1.807, 2.05) is 0 Å². The van der Waals surface area contributed by atoms with Crippen molar-refractivity contribution in [2.75, 3.05) is 11.5 Å². The number of carbonyl (C=O) groups excluding carboxylic acids is 2. The zero-order valence-electron chi connectivity index (χ0n) is 16.5. The van der Waals surface area contributed by atoms with E-state index in [-0.39, 0.29) is 21.9 Å². The number of nitrogens with two attached hydrogens (primary N) is 3. The molecule has 0 spiro atoms. The maximum absolute atomic E-state index is 11.2. The van der Waals surface area contributed by atoms with E-state index in [4.69, 9.17) is 0 Å². The Labute approximate surface area is 179 Å². The van der Waals surface area contributed by atoms with Gasteiger partial charge in [0.2, 0.25) is 0 Å². The summed E-state index contributed by atoms with van der Waals surface area (Å²) in [6, 6.07) is 14.8. The van der Waals surface area contributed by atoms with E-state index >= 15 is 0 Å². The minimum absolute atomic E-state index is 0. The highest BCUT2D eigenvalue weighted by atomic mass is 32.2.